The maximum Gasteiger partial charge on any atom is 0.292 e. The van der Waals surface area contributed by atoms with E-state index >= 15 is 0 Å². The normalized spacial score (nSPS) is 10.6. The fourth-order valence-corrected chi connectivity index (χ4v) is 1.34. The first-order valence-electron chi connectivity index (χ1n) is 3.57. The van der Waals surface area contributed by atoms with Gasteiger partial charge in [0, 0.05) is 7.05 Å². The number of oxazole rings is 1. The van der Waals surface area contributed by atoms with Crippen LogP contribution in [0.1, 0.15) is 0 Å². The van der Waals surface area contributed by atoms with E-state index in [-0.39, 0.29) is 6.01 Å². The second-order valence-electron chi connectivity index (χ2n) is 2.56. The fraction of sp³-hybridized carbons (Fsp3) is 0.143. The molecule has 2 N–H and O–H groups in total. The molecule has 2 aromatic heterocycles. The molecule has 0 bridgehead atoms. The summed E-state index contributed by atoms with van der Waals surface area (Å²) in [4.78, 5) is 7.67. The maximum absolute atomic E-state index is 5.83. The van der Waals surface area contributed by atoms with Gasteiger partial charge in [0.15, 0.2) is 10.9 Å². The van der Waals surface area contributed by atoms with Crippen molar-refractivity contribution in [2.24, 2.45) is 7.05 Å². The molecule has 6 heteroatoms. The van der Waals surface area contributed by atoms with E-state index in [2.05, 4.69) is 9.97 Å². The Hall–Kier alpha value is -1.49. The molecular formula is C7H7ClN4O. The van der Waals surface area contributed by atoms with Gasteiger partial charge in [0.1, 0.15) is 5.69 Å². The lowest BCUT2D eigenvalue weighted by molar-refractivity contribution is 0.589. The van der Waals surface area contributed by atoms with E-state index in [1.807, 2.05) is 7.05 Å². The van der Waals surface area contributed by atoms with Gasteiger partial charge in [-0.2, -0.15) is 0 Å². The van der Waals surface area contributed by atoms with Gasteiger partial charge in [0.05, 0.1) is 12.5 Å². The smallest absolute Gasteiger partial charge is 0.292 e. The number of nitrogens with zero attached hydrogens (tertiary/aromatic N) is 3. The number of nitrogens with two attached hydrogens (primary N) is 1. The molecule has 0 fully saturated rings. The van der Waals surface area contributed by atoms with Crippen LogP contribution in [0.2, 0.25) is 5.15 Å². The SMILES string of the molecule is Cn1cnc(Cl)c1-c1cnc(N)o1. The van der Waals surface area contributed by atoms with E-state index in [1.165, 1.54) is 6.20 Å². The summed E-state index contributed by atoms with van der Waals surface area (Å²) in [5, 5.41) is 0.374. The third-order valence-corrected chi connectivity index (χ3v) is 1.93. The second-order valence-corrected chi connectivity index (χ2v) is 2.92. The summed E-state index contributed by atoms with van der Waals surface area (Å²) in [6, 6.07) is 0.118. The summed E-state index contributed by atoms with van der Waals surface area (Å²) in [5.41, 5.74) is 6.01. The first kappa shape index (κ1) is 8.12. The number of halogens is 1. The van der Waals surface area contributed by atoms with Crippen LogP contribution in [0.3, 0.4) is 0 Å². The molecule has 0 radical (unpaired) electrons. The molecule has 68 valence electrons. The molecule has 0 aliphatic carbocycles. The topological polar surface area (TPSA) is 69.9 Å². The predicted octanol–water partition coefficient (Wildman–Crippen LogP) is 1.31. The summed E-state index contributed by atoms with van der Waals surface area (Å²) in [5.74, 6) is 0.516. The van der Waals surface area contributed by atoms with Crippen molar-refractivity contribution in [3.05, 3.63) is 17.7 Å². The number of hydrogen-bond donors (Lipinski definition) is 1. The molecule has 2 rings (SSSR count). The van der Waals surface area contributed by atoms with E-state index in [9.17, 15) is 0 Å². The van der Waals surface area contributed by atoms with E-state index in [4.69, 9.17) is 21.8 Å². The zero-order valence-corrected chi connectivity index (χ0v) is 7.62. The van der Waals surface area contributed by atoms with Crippen molar-refractivity contribution in [1.82, 2.24) is 14.5 Å². The molecule has 0 aromatic carbocycles. The lowest BCUT2D eigenvalue weighted by Gasteiger charge is -1.96. The minimum atomic E-state index is 0.118. The molecular weight excluding hydrogens is 192 g/mol. The van der Waals surface area contributed by atoms with Gasteiger partial charge < -0.3 is 14.7 Å². The third-order valence-electron chi connectivity index (χ3n) is 1.65. The zero-order valence-electron chi connectivity index (χ0n) is 6.86. The molecule has 0 atom stereocenters. The Kier molecular flexibility index (Phi) is 1.73. The molecule has 0 aliphatic rings. The second kappa shape index (κ2) is 2.77. The van der Waals surface area contributed by atoms with Crippen LogP contribution in [0.4, 0.5) is 6.01 Å². The van der Waals surface area contributed by atoms with Crippen molar-refractivity contribution in [2.75, 3.05) is 5.73 Å². The molecule has 0 spiro atoms. The lowest BCUT2D eigenvalue weighted by Crippen LogP contribution is -1.88. The van der Waals surface area contributed by atoms with Crippen molar-refractivity contribution in [3.8, 4) is 11.5 Å². The zero-order chi connectivity index (χ0) is 9.42. The van der Waals surface area contributed by atoms with Crippen molar-refractivity contribution in [3.63, 3.8) is 0 Å². The average Bonchev–Trinajstić information content (AvgIpc) is 2.60. The van der Waals surface area contributed by atoms with Crippen LogP contribution in [-0.2, 0) is 7.05 Å². The summed E-state index contributed by atoms with van der Waals surface area (Å²) < 4.78 is 6.85. The average molecular weight is 199 g/mol. The highest BCUT2D eigenvalue weighted by atomic mass is 35.5. The Bertz CT molecular complexity index is 414. The summed E-state index contributed by atoms with van der Waals surface area (Å²) in [7, 11) is 1.81. The van der Waals surface area contributed by atoms with Crippen LogP contribution in [-0.4, -0.2) is 14.5 Å². The molecule has 13 heavy (non-hydrogen) atoms. The molecule has 2 heterocycles. The van der Waals surface area contributed by atoms with E-state index in [0.29, 0.717) is 16.6 Å². The van der Waals surface area contributed by atoms with Crippen molar-refractivity contribution >= 4 is 17.6 Å². The van der Waals surface area contributed by atoms with Gasteiger partial charge in [-0.1, -0.05) is 11.6 Å². The van der Waals surface area contributed by atoms with Crippen molar-refractivity contribution in [2.45, 2.75) is 0 Å². The highest BCUT2D eigenvalue weighted by molar-refractivity contribution is 6.31. The number of aryl methyl sites for hydroxylation is 1. The van der Waals surface area contributed by atoms with Crippen LogP contribution in [0, 0.1) is 0 Å². The van der Waals surface area contributed by atoms with Gasteiger partial charge >= 0.3 is 0 Å². The number of hydrogen-bond acceptors (Lipinski definition) is 4. The molecule has 2 aromatic rings. The van der Waals surface area contributed by atoms with E-state index in [1.54, 1.807) is 10.9 Å². The quantitative estimate of drug-likeness (QED) is 0.750. The number of rotatable bonds is 1. The largest absolute Gasteiger partial charge is 0.422 e. The third kappa shape index (κ3) is 1.27. The standard InChI is InChI=1S/C7H7ClN4O/c1-12-3-11-6(8)5(12)4-2-10-7(9)13-4/h2-3H,1H3,(H2,9,10). The van der Waals surface area contributed by atoms with Gasteiger partial charge in [-0.15, -0.1) is 0 Å². The fourth-order valence-electron chi connectivity index (χ4n) is 1.07. The lowest BCUT2D eigenvalue weighted by atomic mass is 10.4. The Labute approximate surface area is 79.1 Å². The Morgan fingerprint density at radius 1 is 1.54 bits per heavy atom. The van der Waals surface area contributed by atoms with Crippen molar-refractivity contribution < 1.29 is 4.42 Å². The number of anilines is 1. The van der Waals surface area contributed by atoms with E-state index in [0.717, 1.165) is 0 Å². The predicted molar refractivity (Wildman–Crippen MR) is 48.1 cm³/mol. The van der Waals surface area contributed by atoms with Crippen molar-refractivity contribution in [1.29, 1.82) is 0 Å². The molecule has 0 unspecified atom stereocenters. The Balaban J connectivity index is 2.57. The highest BCUT2D eigenvalue weighted by Gasteiger charge is 2.13. The minimum absolute atomic E-state index is 0.118. The first-order chi connectivity index (χ1) is 6.18. The van der Waals surface area contributed by atoms with E-state index < -0.39 is 0 Å². The summed E-state index contributed by atoms with van der Waals surface area (Å²) >= 11 is 5.83. The molecule has 0 saturated heterocycles. The summed E-state index contributed by atoms with van der Waals surface area (Å²) in [6.07, 6.45) is 3.11. The van der Waals surface area contributed by atoms with Gasteiger partial charge in [-0.25, -0.2) is 9.97 Å². The van der Waals surface area contributed by atoms with Crippen LogP contribution >= 0.6 is 11.6 Å². The molecule has 0 saturated carbocycles. The molecule has 5 nitrogen and oxygen atoms in total. The van der Waals surface area contributed by atoms with Gasteiger partial charge in [-0.05, 0) is 0 Å². The Morgan fingerprint density at radius 3 is 2.77 bits per heavy atom. The van der Waals surface area contributed by atoms with Gasteiger partial charge in [0.25, 0.3) is 6.01 Å². The van der Waals surface area contributed by atoms with Crippen LogP contribution in [0.15, 0.2) is 16.9 Å². The molecule has 0 aliphatic heterocycles. The first-order valence-corrected chi connectivity index (χ1v) is 3.95. The van der Waals surface area contributed by atoms with Gasteiger partial charge in [-0.3, -0.25) is 0 Å². The maximum atomic E-state index is 5.83. The number of nitrogen functional groups attached to an aromatic ring is 1. The Morgan fingerprint density at radius 2 is 2.31 bits per heavy atom. The number of aromatic nitrogens is 3. The van der Waals surface area contributed by atoms with Crippen LogP contribution < -0.4 is 5.73 Å². The molecule has 0 amide bonds. The monoisotopic (exact) mass is 198 g/mol. The van der Waals surface area contributed by atoms with Crippen LogP contribution in [0.5, 0.6) is 0 Å². The minimum Gasteiger partial charge on any atom is -0.422 e. The van der Waals surface area contributed by atoms with Crippen LogP contribution in [0.25, 0.3) is 11.5 Å². The van der Waals surface area contributed by atoms with Gasteiger partial charge in [0.2, 0.25) is 0 Å². The highest BCUT2D eigenvalue weighted by Crippen LogP contribution is 2.26. The summed E-state index contributed by atoms with van der Waals surface area (Å²) in [6.45, 7) is 0. The number of imidazole rings is 1.